The van der Waals surface area contributed by atoms with Gasteiger partial charge in [-0.1, -0.05) is 6.42 Å². The Bertz CT molecular complexity index is 494. The van der Waals surface area contributed by atoms with Gasteiger partial charge in [-0.25, -0.2) is 0 Å². The van der Waals surface area contributed by atoms with Crippen molar-refractivity contribution in [2.45, 2.75) is 38.2 Å². The van der Waals surface area contributed by atoms with Crippen LogP contribution in [0.2, 0.25) is 0 Å². The van der Waals surface area contributed by atoms with Crippen LogP contribution in [0.1, 0.15) is 38.4 Å². The molecule has 0 aliphatic heterocycles. The van der Waals surface area contributed by atoms with Gasteiger partial charge in [-0.3, -0.25) is 9.59 Å². The molecule has 1 heterocycles. The molecule has 6 nitrogen and oxygen atoms in total. The molecular weight excluding hydrogens is 274 g/mol. The Kier molecular flexibility index (Phi) is 4.67. The van der Waals surface area contributed by atoms with Crippen molar-refractivity contribution < 1.29 is 24.2 Å². The first-order valence-corrected chi connectivity index (χ1v) is 7.17. The maximum atomic E-state index is 12.1. The lowest BCUT2D eigenvalue weighted by atomic mass is 9.81. The van der Waals surface area contributed by atoms with Crippen LogP contribution in [0, 0.1) is 11.8 Å². The van der Waals surface area contributed by atoms with Gasteiger partial charge >= 0.3 is 5.97 Å². The second kappa shape index (κ2) is 6.30. The first kappa shape index (κ1) is 15.6. The average Bonchev–Trinajstić information content (AvgIpc) is 3.00. The van der Waals surface area contributed by atoms with E-state index in [1.165, 1.54) is 6.26 Å². The van der Waals surface area contributed by atoms with Gasteiger partial charge in [0.05, 0.1) is 18.7 Å². The molecule has 21 heavy (non-hydrogen) atoms. The molecule has 2 rings (SSSR count). The fourth-order valence-corrected chi connectivity index (χ4v) is 2.73. The summed E-state index contributed by atoms with van der Waals surface area (Å²) >= 11 is 0. The van der Waals surface area contributed by atoms with Gasteiger partial charge in [-0.2, -0.15) is 0 Å². The van der Waals surface area contributed by atoms with Crippen molar-refractivity contribution in [1.29, 1.82) is 0 Å². The van der Waals surface area contributed by atoms with E-state index < -0.39 is 17.5 Å². The van der Waals surface area contributed by atoms with Crippen molar-refractivity contribution in [1.82, 2.24) is 5.32 Å². The van der Waals surface area contributed by atoms with E-state index in [1.807, 2.05) is 0 Å². The highest BCUT2D eigenvalue weighted by Gasteiger charge is 2.33. The van der Waals surface area contributed by atoms with Crippen LogP contribution in [0.5, 0.6) is 0 Å². The minimum absolute atomic E-state index is 0.0353. The molecule has 0 bridgehead atoms. The van der Waals surface area contributed by atoms with Gasteiger partial charge in [0.2, 0.25) is 5.91 Å². The molecule has 116 valence electrons. The molecule has 0 aromatic carbocycles. The molecule has 6 heteroatoms. The van der Waals surface area contributed by atoms with Crippen LogP contribution < -0.4 is 5.32 Å². The minimum Gasteiger partial charge on any atom is -0.481 e. The third-order valence-corrected chi connectivity index (χ3v) is 4.05. The van der Waals surface area contributed by atoms with Crippen LogP contribution >= 0.6 is 0 Å². The lowest BCUT2D eigenvalue weighted by molar-refractivity contribution is -0.144. The standard InChI is InChI=1S/C15H21NO5/c1-15(20,12-6-3-7-21-12)9-16-13(17)10-4-2-5-11(8-10)14(18)19/h3,6-7,10-11,20H,2,4-5,8-9H2,1H3,(H,16,17)(H,18,19). The largest absolute Gasteiger partial charge is 0.481 e. The highest BCUT2D eigenvalue weighted by Crippen LogP contribution is 2.29. The number of rotatable bonds is 5. The molecule has 0 radical (unpaired) electrons. The molecule has 1 saturated carbocycles. The average molecular weight is 295 g/mol. The zero-order chi connectivity index (χ0) is 15.5. The van der Waals surface area contributed by atoms with Gasteiger partial charge in [0, 0.05) is 5.92 Å². The van der Waals surface area contributed by atoms with E-state index in [2.05, 4.69) is 5.32 Å². The van der Waals surface area contributed by atoms with E-state index in [1.54, 1.807) is 19.1 Å². The number of aliphatic hydroxyl groups is 1. The van der Waals surface area contributed by atoms with Crippen molar-refractivity contribution in [3.8, 4) is 0 Å². The number of furan rings is 1. The van der Waals surface area contributed by atoms with Crippen molar-refractivity contribution in [3.05, 3.63) is 24.2 Å². The molecule has 1 amide bonds. The second-order valence-electron chi connectivity index (χ2n) is 5.87. The Balaban J connectivity index is 1.88. The highest BCUT2D eigenvalue weighted by molar-refractivity contribution is 5.80. The molecule has 1 aromatic rings. The SMILES string of the molecule is CC(O)(CNC(=O)C1CCCC(C(=O)O)C1)c1ccco1. The van der Waals surface area contributed by atoms with Crippen LogP contribution in [0.15, 0.2) is 22.8 Å². The number of carbonyl (C=O) groups excluding carboxylic acids is 1. The number of hydrogen-bond donors (Lipinski definition) is 3. The minimum atomic E-state index is -1.28. The van der Waals surface area contributed by atoms with Crippen LogP contribution in [0.4, 0.5) is 0 Å². The summed E-state index contributed by atoms with van der Waals surface area (Å²) in [6, 6.07) is 3.32. The normalized spacial score (nSPS) is 25.0. The Morgan fingerprint density at radius 1 is 1.43 bits per heavy atom. The Morgan fingerprint density at radius 2 is 2.14 bits per heavy atom. The van der Waals surface area contributed by atoms with E-state index in [9.17, 15) is 14.7 Å². The van der Waals surface area contributed by atoms with Crippen LogP contribution in [0.3, 0.4) is 0 Å². The Morgan fingerprint density at radius 3 is 2.76 bits per heavy atom. The van der Waals surface area contributed by atoms with Gasteiger partial charge in [0.1, 0.15) is 11.4 Å². The number of amides is 1. The fourth-order valence-electron chi connectivity index (χ4n) is 2.73. The predicted molar refractivity (Wildman–Crippen MR) is 74.4 cm³/mol. The van der Waals surface area contributed by atoms with E-state index >= 15 is 0 Å². The molecule has 1 fully saturated rings. The maximum absolute atomic E-state index is 12.1. The molecular formula is C15H21NO5. The summed E-state index contributed by atoms with van der Waals surface area (Å²) < 4.78 is 5.15. The number of aliphatic carboxylic acids is 1. The smallest absolute Gasteiger partial charge is 0.306 e. The van der Waals surface area contributed by atoms with E-state index in [-0.39, 0.29) is 18.4 Å². The summed E-state index contributed by atoms with van der Waals surface area (Å²) in [5.74, 6) is -1.40. The second-order valence-corrected chi connectivity index (χ2v) is 5.87. The lowest BCUT2D eigenvalue weighted by Gasteiger charge is -2.27. The van der Waals surface area contributed by atoms with Crippen LogP contribution in [-0.4, -0.2) is 28.6 Å². The van der Waals surface area contributed by atoms with Crippen LogP contribution in [-0.2, 0) is 15.2 Å². The first-order chi connectivity index (χ1) is 9.90. The van der Waals surface area contributed by atoms with Crippen molar-refractivity contribution in [2.75, 3.05) is 6.54 Å². The molecule has 3 unspecified atom stereocenters. The molecule has 3 N–H and O–H groups in total. The van der Waals surface area contributed by atoms with Crippen LogP contribution in [0.25, 0.3) is 0 Å². The zero-order valence-electron chi connectivity index (χ0n) is 12.0. The van der Waals surface area contributed by atoms with Gasteiger partial charge in [0.15, 0.2) is 0 Å². The van der Waals surface area contributed by atoms with Crippen molar-refractivity contribution >= 4 is 11.9 Å². The van der Waals surface area contributed by atoms with Gasteiger partial charge in [-0.15, -0.1) is 0 Å². The van der Waals surface area contributed by atoms with E-state index in [0.29, 0.717) is 25.0 Å². The third kappa shape index (κ3) is 3.85. The summed E-state index contributed by atoms with van der Waals surface area (Å²) in [6.07, 6.45) is 3.89. The summed E-state index contributed by atoms with van der Waals surface area (Å²) in [7, 11) is 0. The summed E-state index contributed by atoms with van der Waals surface area (Å²) in [6.45, 7) is 1.60. The first-order valence-electron chi connectivity index (χ1n) is 7.17. The number of carboxylic acids is 1. The van der Waals surface area contributed by atoms with Gasteiger partial charge < -0.3 is 19.9 Å². The van der Waals surface area contributed by atoms with Gasteiger partial charge in [-0.05, 0) is 38.3 Å². The molecule has 1 aliphatic carbocycles. The zero-order valence-corrected chi connectivity index (χ0v) is 12.0. The number of carboxylic acid groups (broad SMARTS) is 1. The van der Waals surface area contributed by atoms with E-state index in [4.69, 9.17) is 9.52 Å². The molecule has 0 spiro atoms. The number of nitrogens with one attached hydrogen (secondary N) is 1. The summed E-state index contributed by atoms with van der Waals surface area (Å²) in [5.41, 5.74) is -1.28. The topological polar surface area (TPSA) is 99.8 Å². The quantitative estimate of drug-likeness (QED) is 0.764. The monoisotopic (exact) mass is 295 g/mol. The van der Waals surface area contributed by atoms with Crippen molar-refractivity contribution in [2.24, 2.45) is 11.8 Å². The Labute approximate surface area is 123 Å². The molecule has 0 saturated heterocycles. The molecule has 1 aromatic heterocycles. The predicted octanol–water partition coefficient (Wildman–Crippen LogP) is 1.49. The summed E-state index contributed by atoms with van der Waals surface area (Å²) in [5, 5.41) is 22.0. The number of carbonyl (C=O) groups is 2. The number of hydrogen-bond acceptors (Lipinski definition) is 4. The van der Waals surface area contributed by atoms with Gasteiger partial charge in [0.25, 0.3) is 0 Å². The highest BCUT2D eigenvalue weighted by atomic mass is 16.4. The van der Waals surface area contributed by atoms with Crippen molar-refractivity contribution in [3.63, 3.8) is 0 Å². The third-order valence-electron chi connectivity index (χ3n) is 4.05. The molecule has 3 atom stereocenters. The maximum Gasteiger partial charge on any atom is 0.306 e. The Hall–Kier alpha value is -1.82. The lowest BCUT2D eigenvalue weighted by Crippen LogP contribution is -2.42. The summed E-state index contributed by atoms with van der Waals surface area (Å²) in [4.78, 5) is 23.1. The fraction of sp³-hybridized carbons (Fsp3) is 0.600. The molecule has 1 aliphatic rings. The van der Waals surface area contributed by atoms with E-state index in [0.717, 1.165) is 6.42 Å².